The van der Waals surface area contributed by atoms with Crippen molar-refractivity contribution in [3.8, 4) is 0 Å². The van der Waals surface area contributed by atoms with Gasteiger partial charge in [-0.15, -0.1) is 0 Å². The largest absolute Gasteiger partial charge is 0.373 e. The van der Waals surface area contributed by atoms with E-state index in [1.807, 2.05) is 0 Å². The Morgan fingerprint density at radius 1 is 0.955 bits per heavy atom. The maximum atomic E-state index is 12.6. The van der Waals surface area contributed by atoms with Crippen LogP contribution in [0, 0.1) is 70.5 Å². The van der Waals surface area contributed by atoms with Crippen molar-refractivity contribution in [2.24, 2.45) is 70.5 Å². The van der Waals surface area contributed by atoms with Gasteiger partial charge in [0.1, 0.15) is 6.29 Å². The smallest absolute Gasteiger partial charge is 0.129 e. The lowest BCUT2D eigenvalue weighted by Crippen LogP contribution is -2.59. The van der Waals surface area contributed by atoms with Gasteiger partial charge in [0, 0.05) is 0 Å². The molecular formula is C20H22O2. The Balaban J connectivity index is 1.48. The van der Waals surface area contributed by atoms with Crippen molar-refractivity contribution in [3.05, 3.63) is 12.2 Å². The Kier molecular flexibility index (Phi) is 1.45. The normalized spacial score (nSPS) is 78.8. The summed E-state index contributed by atoms with van der Waals surface area (Å²) in [5, 5.41) is 0. The van der Waals surface area contributed by atoms with Crippen LogP contribution in [0.2, 0.25) is 0 Å². The highest BCUT2D eigenvalue weighted by Gasteiger charge is 2.89. The molecule has 8 aliphatic carbocycles. The first-order chi connectivity index (χ1) is 10.9. The summed E-state index contributed by atoms with van der Waals surface area (Å²) in [5.74, 6) is 9.08. The van der Waals surface area contributed by atoms with Gasteiger partial charge in [-0.05, 0) is 84.4 Å². The molecule has 8 fully saturated rings. The summed E-state index contributed by atoms with van der Waals surface area (Å²) in [6.07, 6.45) is 11.2. The molecule has 2 nitrogen and oxygen atoms in total. The number of aldehydes is 1. The number of carbonyl (C=O) groups is 1. The van der Waals surface area contributed by atoms with Crippen molar-refractivity contribution >= 4 is 6.29 Å². The highest BCUT2D eigenvalue weighted by molar-refractivity contribution is 5.67. The van der Waals surface area contributed by atoms with Gasteiger partial charge in [-0.3, -0.25) is 0 Å². The fourth-order valence-corrected chi connectivity index (χ4v) is 10.8. The molecule has 114 valence electrons. The van der Waals surface area contributed by atoms with Crippen molar-refractivity contribution in [1.29, 1.82) is 0 Å². The van der Waals surface area contributed by atoms with Gasteiger partial charge >= 0.3 is 0 Å². The van der Waals surface area contributed by atoms with Gasteiger partial charge in [0.25, 0.3) is 0 Å². The number of carbonyl (C=O) groups excluding carboxylic acids is 1. The molecule has 0 radical (unpaired) electrons. The summed E-state index contributed by atoms with van der Waals surface area (Å²) in [4.78, 5) is 12.6. The molecule has 0 aromatic heterocycles. The minimum atomic E-state index is -0.0737. The molecule has 1 heterocycles. The van der Waals surface area contributed by atoms with Crippen molar-refractivity contribution in [2.45, 2.75) is 31.5 Å². The third-order valence-corrected chi connectivity index (χ3v) is 10.4. The molecule has 14 atom stereocenters. The molecule has 0 unspecified atom stereocenters. The zero-order chi connectivity index (χ0) is 14.0. The minimum Gasteiger partial charge on any atom is -0.373 e. The van der Waals surface area contributed by atoms with E-state index in [0.717, 1.165) is 53.3 Å². The van der Waals surface area contributed by atoms with E-state index in [9.17, 15) is 4.79 Å². The fourth-order valence-electron chi connectivity index (χ4n) is 10.8. The quantitative estimate of drug-likeness (QED) is 0.549. The third-order valence-electron chi connectivity index (χ3n) is 10.4. The molecular weight excluding hydrogens is 272 g/mol. The van der Waals surface area contributed by atoms with Crippen LogP contribution in [-0.2, 0) is 9.53 Å². The molecule has 2 heteroatoms. The number of allylic oxidation sites excluding steroid dienone is 2. The summed E-state index contributed by atoms with van der Waals surface area (Å²) in [6, 6.07) is 0. The fraction of sp³-hybridized carbons (Fsp3) is 0.850. The first kappa shape index (κ1) is 11.0. The van der Waals surface area contributed by atoms with Crippen LogP contribution in [-0.4, -0.2) is 18.5 Å². The average Bonchev–Trinajstić information content (AvgIpc) is 3.25. The second kappa shape index (κ2) is 2.90. The lowest BCUT2D eigenvalue weighted by atomic mass is 9.56. The molecule has 22 heavy (non-hydrogen) atoms. The maximum Gasteiger partial charge on any atom is 0.129 e. The van der Waals surface area contributed by atoms with E-state index in [2.05, 4.69) is 12.2 Å². The monoisotopic (exact) mass is 294 g/mol. The summed E-state index contributed by atoms with van der Waals surface area (Å²) in [5.41, 5.74) is -0.0737. The summed E-state index contributed by atoms with van der Waals surface area (Å²) >= 11 is 0. The zero-order valence-electron chi connectivity index (χ0n) is 12.7. The predicted molar refractivity (Wildman–Crippen MR) is 78.5 cm³/mol. The molecule has 9 bridgehead atoms. The SMILES string of the molecule is O=C[C@]12[C@H]3[C@@H]4C=CC[C@@H]4[C@H]4[C@@H]3[C@@H]3[C@@H]5[C@@H]4[C@@H]1O[C@@H]1CC[C@H]([C@H]51)[C@@H]32. The van der Waals surface area contributed by atoms with Crippen LogP contribution < -0.4 is 0 Å². The van der Waals surface area contributed by atoms with E-state index < -0.39 is 0 Å². The minimum absolute atomic E-state index is 0.0737. The molecule has 0 aromatic carbocycles. The van der Waals surface area contributed by atoms with E-state index in [0.29, 0.717) is 24.0 Å². The standard InChI is InChI=1S/C20H22O2/c21-6-20-17-8-3-1-2-7(8)12-14(17)15-13-11-9(18(15)20)4-5-10(11)22-19(20)16(12)13/h1,3,6-19H,2,4-5H2/t7-,8+,9+,10+,11-,12-,13+,14+,15-,16+,17-,18-,19-,20+/m0/s1. The van der Waals surface area contributed by atoms with Gasteiger partial charge in [-0.25, -0.2) is 0 Å². The van der Waals surface area contributed by atoms with Gasteiger partial charge in [0.05, 0.1) is 17.6 Å². The molecule has 0 aromatic rings. The van der Waals surface area contributed by atoms with Crippen LogP contribution in [0.4, 0.5) is 0 Å². The highest BCUT2D eigenvalue weighted by atomic mass is 16.5. The number of rotatable bonds is 1. The van der Waals surface area contributed by atoms with Crippen LogP contribution in [0.25, 0.3) is 0 Å². The first-order valence-electron chi connectivity index (χ1n) is 9.66. The Morgan fingerprint density at radius 2 is 1.86 bits per heavy atom. The summed E-state index contributed by atoms with van der Waals surface area (Å²) in [7, 11) is 0. The van der Waals surface area contributed by atoms with E-state index in [4.69, 9.17) is 4.74 Å². The maximum absolute atomic E-state index is 12.6. The van der Waals surface area contributed by atoms with Gasteiger partial charge in [0.15, 0.2) is 0 Å². The molecule has 1 aliphatic heterocycles. The van der Waals surface area contributed by atoms with Gasteiger partial charge < -0.3 is 9.53 Å². The molecule has 1 saturated heterocycles. The number of hydrogen-bond donors (Lipinski definition) is 0. The van der Waals surface area contributed by atoms with Crippen LogP contribution >= 0.6 is 0 Å². The topological polar surface area (TPSA) is 26.3 Å². The molecule has 7 saturated carbocycles. The van der Waals surface area contributed by atoms with E-state index in [1.165, 1.54) is 25.5 Å². The average molecular weight is 294 g/mol. The van der Waals surface area contributed by atoms with Gasteiger partial charge in [0.2, 0.25) is 0 Å². The molecule has 9 aliphatic rings. The zero-order valence-corrected chi connectivity index (χ0v) is 12.7. The Morgan fingerprint density at radius 3 is 2.77 bits per heavy atom. The van der Waals surface area contributed by atoms with Crippen molar-refractivity contribution in [2.75, 3.05) is 0 Å². The predicted octanol–water partition coefficient (Wildman–Crippen LogP) is 2.54. The molecule has 0 N–H and O–H groups in total. The highest BCUT2D eigenvalue weighted by Crippen LogP contribution is 2.88. The van der Waals surface area contributed by atoms with Crippen molar-refractivity contribution in [3.63, 3.8) is 0 Å². The number of hydrogen-bond acceptors (Lipinski definition) is 2. The van der Waals surface area contributed by atoms with Crippen molar-refractivity contribution in [1.82, 2.24) is 0 Å². The Hall–Kier alpha value is -0.630. The lowest BCUT2D eigenvalue weighted by molar-refractivity contribution is -0.204. The molecule has 0 spiro atoms. The van der Waals surface area contributed by atoms with Crippen molar-refractivity contribution < 1.29 is 9.53 Å². The van der Waals surface area contributed by atoms with Crippen LogP contribution in [0.3, 0.4) is 0 Å². The second-order valence-electron chi connectivity index (χ2n) is 9.87. The van der Waals surface area contributed by atoms with E-state index in [1.54, 1.807) is 0 Å². The molecule has 9 rings (SSSR count). The van der Waals surface area contributed by atoms with Crippen LogP contribution in [0.15, 0.2) is 12.2 Å². The summed E-state index contributed by atoms with van der Waals surface area (Å²) in [6.45, 7) is 0. The third kappa shape index (κ3) is 0.719. The van der Waals surface area contributed by atoms with Gasteiger partial charge in [-0.1, -0.05) is 12.2 Å². The lowest BCUT2D eigenvalue weighted by Gasteiger charge is -2.54. The number of ether oxygens (including phenoxy) is 1. The Labute approximate surface area is 130 Å². The Bertz CT molecular complexity index is 667. The molecule has 0 amide bonds. The van der Waals surface area contributed by atoms with E-state index >= 15 is 0 Å². The summed E-state index contributed by atoms with van der Waals surface area (Å²) < 4.78 is 6.77. The number of fused-ring (bicyclic) bond motifs is 1. The van der Waals surface area contributed by atoms with E-state index in [-0.39, 0.29) is 5.41 Å². The van der Waals surface area contributed by atoms with Crippen LogP contribution in [0.1, 0.15) is 19.3 Å². The van der Waals surface area contributed by atoms with Gasteiger partial charge in [-0.2, -0.15) is 0 Å². The first-order valence-corrected chi connectivity index (χ1v) is 9.66. The second-order valence-corrected chi connectivity index (χ2v) is 9.87. The van der Waals surface area contributed by atoms with Crippen LogP contribution in [0.5, 0.6) is 0 Å².